The van der Waals surface area contributed by atoms with E-state index < -0.39 is 21.8 Å². The van der Waals surface area contributed by atoms with Crippen LogP contribution in [0.1, 0.15) is 92.2 Å². The fourth-order valence-electron chi connectivity index (χ4n) is 6.09. The minimum absolute atomic E-state index is 0.00125. The quantitative estimate of drug-likeness (QED) is 0.459. The Labute approximate surface area is 230 Å². The van der Waals surface area contributed by atoms with Gasteiger partial charge in [0, 0.05) is 43.5 Å². The SMILES string of the molecule is N#Cc1cc(C(=O)C2CC2)c(CN2CCCCC2=O)nc1N1CCC(C(=O)NS(=O)(=O)CC2CCCC2)CC1. The van der Waals surface area contributed by atoms with E-state index in [0.717, 1.165) is 51.4 Å². The third kappa shape index (κ3) is 6.60. The molecule has 1 aromatic rings. The molecule has 2 aliphatic carbocycles. The van der Waals surface area contributed by atoms with Crippen molar-refractivity contribution in [3.05, 3.63) is 22.9 Å². The fourth-order valence-corrected chi connectivity index (χ4v) is 7.60. The van der Waals surface area contributed by atoms with Gasteiger partial charge in [-0.2, -0.15) is 5.26 Å². The second-order valence-electron chi connectivity index (χ2n) is 11.5. The van der Waals surface area contributed by atoms with E-state index in [-0.39, 0.29) is 35.8 Å². The topological polar surface area (TPSA) is 141 Å². The van der Waals surface area contributed by atoms with Crippen molar-refractivity contribution in [3.63, 3.8) is 0 Å². The fraction of sp³-hybridized carbons (Fsp3) is 0.679. The second-order valence-corrected chi connectivity index (χ2v) is 13.3. The summed E-state index contributed by atoms with van der Waals surface area (Å²) in [6.45, 7) is 1.72. The molecule has 10 nitrogen and oxygen atoms in total. The first-order valence-corrected chi connectivity index (χ1v) is 15.9. The van der Waals surface area contributed by atoms with Gasteiger partial charge in [-0.15, -0.1) is 0 Å². The molecule has 4 fully saturated rings. The van der Waals surface area contributed by atoms with Gasteiger partial charge < -0.3 is 9.80 Å². The van der Waals surface area contributed by atoms with Crippen LogP contribution >= 0.6 is 0 Å². The number of carbonyl (C=O) groups is 3. The third-order valence-corrected chi connectivity index (χ3v) is 9.95. The first-order valence-electron chi connectivity index (χ1n) is 14.3. The number of nitrogens with zero attached hydrogens (tertiary/aromatic N) is 4. The highest BCUT2D eigenvalue weighted by Gasteiger charge is 2.35. The second kappa shape index (κ2) is 11.6. The Balaban J connectivity index is 1.29. The van der Waals surface area contributed by atoms with Crippen molar-refractivity contribution in [2.24, 2.45) is 17.8 Å². The normalized spacial score (nSPS) is 21.2. The summed E-state index contributed by atoms with van der Waals surface area (Å²) in [6.07, 6.45) is 8.63. The molecule has 11 heteroatoms. The number of amides is 2. The summed E-state index contributed by atoms with van der Waals surface area (Å²) in [7, 11) is -3.66. The Morgan fingerprint density at radius 1 is 1.00 bits per heavy atom. The Bertz CT molecular complexity index is 1270. The van der Waals surface area contributed by atoms with Crippen molar-refractivity contribution < 1.29 is 22.8 Å². The molecule has 4 aliphatic rings. The molecule has 0 aromatic carbocycles. The highest BCUT2D eigenvalue weighted by Crippen LogP contribution is 2.35. The van der Waals surface area contributed by atoms with E-state index in [0.29, 0.717) is 61.5 Å². The largest absolute Gasteiger partial charge is 0.355 e. The van der Waals surface area contributed by atoms with E-state index in [2.05, 4.69) is 10.8 Å². The molecule has 0 atom stereocenters. The van der Waals surface area contributed by atoms with E-state index in [1.54, 1.807) is 11.0 Å². The number of nitriles is 1. The lowest BCUT2D eigenvalue weighted by Gasteiger charge is -2.33. The minimum atomic E-state index is -3.66. The van der Waals surface area contributed by atoms with E-state index in [9.17, 15) is 28.1 Å². The molecule has 0 unspecified atom stereocenters. The zero-order valence-corrected chi connectivity index (χ0v) is 23.2. The predicted molar refractivity (Wildman–Crippen MR) is 144 cm³/mol. The number of Topliss-reactive ketones (excluding diaryl/α,β-unsaturated/α-hetero) is 1. The number of hydrogen-bond acceptors (Lipinski definition) is 8. The molecule has 2 amide bonds. The smallest absolute Gasteiger partial charge is 0.236 e. The number of likely N-dealkylation sites (tertiary alicyclic amines) is 1. The average molecular weight is 556 g/mol. The van der Waals surface area contributed by atoms with Crippen LogP contribution in [0.4, 0.5) is 5.82 Å². The average Bonchev–Trinajstić information content (AvgIpc) is 3.66. The maximum absolute atomic E-state index is 13.1. The molecule has 3 heterocycles. The van der Waals surface area contributed by atoms with Crippen LogP contribution < -0.4 is 9.62 Å². The van der Waals surface area contributed by atoms with Crippen LogP contribution in [0.2, 0.25) is 0 Å². The molecule has 39 heavy (non-hydrogen) atoms. The van der Waals surface area contributed by atoms with Gasteiger partial charge in [-0.3, -0.25) is 19.1 Å². The third-order valence-electron chi connectivity index (χ3n) is 8.53. The van der Waals surface area contributed by atoms with Gasteiger partial charge >= 0.3 is 0 Å². The molecule has 5 rings (SSSR count). The summed E-state index contributed by atoms with van der Waals surface area (Å²) in [4.78, 5) is 46.9. The first-order chi connectivity index (χ1) is 18.7. The number of rotatable bonds is 9. The zero-order valence-electron chi connectivity index (χ0n) is 22.4. The van der Waals surface area contributed by atoms with Crippen LogP contribution in [0, 0.1) is 29.1 Å². The molecular weight excluding hydrogens is 518 g/mol. The minimum Gasteiger partial charge on any atom is -0.355 e. The molecule has 2 saturated heterocycles. The monoisotopic (exact) mass is 555 g/mol. The Morgan fingerprint density at radius 2 is 1.72 bits per heavy atom. The number of ketones is 1. The van der Waals surface area contributed by atoms with Crippen molar-refractivity contribution >= 4 is 33.4 Å². The van der Waals surface area contributed by atoms with Crippen LogP contribution in [0.5, 0.6) is 0 Å². The van der Waals surface area contributed by atoms with Crippen LogP contribution in [0.25, 0.3) is 0 Å². The van der Waals surface area contributed by atoms with Crippen molar-refractivity contribution in [2.45, 2.75) is 77.2 Å². The van der Waals surface area contributed by atoms with Crippen molar-refractivity contribution in [2.75, 3.05) is 30.3 Å². The van der Waals surface area contributed by atoms with E-state index in [1.165, 1.54) is 0 Å². The maximum atomic E-state index is 13.1. The van der Waals surface area contributed by atoms with Crippen molar-refractivity contribution in [1.82, 2.24) is 14.6 Å². The number of hydrogen-bond donors (Lipinski definition) is 1. The maximum Gasteiger partial charge on any atom is 0.236 e. The van der Waals surface area contributed by atoms with Crippen LogP contribution in [-0.2, 0) is 26.2 Å². The number of pyridine rings is 1. The lowest BCUT2D eigenvalue weighted by molar-refractivity contribution is -0.134. The lowest BCUT2D eigenvalue weighted by Crippen LogP contribution is -2.44. The van der Waals surface area contributed by atoms with Crippen LogP contribution in [-0.4, -0.2) is 61.3 Å². The highest BCUT2D eigenvalue weighted by atomic mass is 32.2. The van der Waals surface area contributed by atoms with E-state index >= 15 is 0 Å². The molecule has 0 radical (unpaired) electrons. The molecular formula is C28H37N5O5S. The zero-order chi connectivity index (χ0) is 27.6. The number of aromatic nitrogens is 1. The standard InChI is InChI=1S/C28H37N5O5S/c29-16-22-15-23(26(35)20-8-9-20)24(17-33-12-4-3-7-25(33)34)30-27(22)32-13-10-21(11-14-32)28(36)31-39(37,38)18-19-5-1-2-6-19/h15,19-21H,1-14,17-18H2,(H,31,36). The van der Waals surface area contributed by atoms with Crippen LogP contribution in [0.15, 0.2) is 6.07 Å². The molecule has 0 spiro atoms. The van der Waals surface area contributed by atoms with Crippen molar-refractivity contribution in [1.29, 1.82) is 5.26 Å². The number of nitrogens with one attached hydrogen (secondary N) is 1. The van der Waals surface area contributed by atoms with Gasteiger partial charge in [0.05, 0.1) is 23.6 Å². The number of carbonyl (C=O) groups excluding carboxylic acids is 3. The van der Waals surface area contributed by atoms with Gasteiger partial charge in [0.1, 0.15) is 11.9 Å². The summed E-state index contributed by atoms with van der Waals surface area (Å²) < 4.78 is 27.4. The Morgan fingerprint density at radius 3 is 2.36 bits per heavy atom. The Kier molecular flexibility index (Phi) is 8.21. The predicted octanol–water partition coefficient (Wildman–Crippen LogP) is 2.91. The van der Waals surface area contributed by atoms with Gasteiger partial charge in [0.15, 0.2) is 5.78 Å². The molecule has 0 bridgehead atoms. The van der Waals surface area contributed by atoms with E-state index in [4.69, 9.17) is 4.98 Å². The van der Waals surface area contributed by atoms with Gasteiger partial charge in [-0.25, -0.2) is 13.4 Å². The van der Waals surface area contributed by atoms with Crippen LogP contribution in [0.3, 0.4) is 0 Å². The molecule has 210 valence electrons. The summed E-state index contributed by atoms with van der Waals surface area (Å²) in [5, 5.41) is 9.93. The summed E-state index contributed by atoms with van der Waals surface area (Å²) in [5.41, 5.74) is 1.25. The Hall–Kier alpha value is -3.00. The summed E-state index contributed by atoms with van der Waals surface area (Å²) in [6, 6.07) is 3.82. The van der Waals surface area contributed by atoms with Gasteiger partial charge in [0.2, 0.25) is 21.8 Å². The number of sulfonamides is 1. The molecule has 2 saturated carbocycles. The summed E-state index contributed by atoms with van der Waals surface area (Å²) >= 11 is 0. The summed E-state index contributed by atoms with van der Waals surface area (Å²) in [5.74, 6) is -0.329. The highest BCUT2D eigenvalue weighted by molar-refractivity contribution is 7.90. The molecule has 2 aliphatic heterocycles. The van der Waals surface area contributed by atoms with Gasteiger partial charge in [0.25, 0.3) is 0 Å². The number of anilines is 1. The first kappa shape index (κ1) is 27.6. The van der Waals surface area contributed by atoms with Crippen molar-refractivity contribution in [3.8, 4) is 6.07 Å². The number of piperidine rings is 2. The molecule has 1 aromatic heterocycles. The lowest BCUT2D eigenvalue weighted by atomic mass is 9.95. The van der Waals surface area contributed by atoms with E-state index in [1.807, 2.05) is 4.90 Å². The molecule has 1 N–H and O–H groups in total. The van der Waals surface area contributed by atoms with Gasteiger partial charge in [-0.05, 0) is 63.4 Å². The van der Waals surface area contributed by atoms with Gasteiger partial charge in [-0.1, -0.05) is 12.8 Å².